The number of hydrogen-bond acceptors (Lipinski definition) is 3. The standard InChI is InChI=1S/C15H20N2O2/c1-15(8-3-9-19-15)11-17-14(18)7-6-12-4-2-5-13(16)10-12/h2,4-7,10H,3,8-9,11,16H2,1H3,(H,17,18)/b7-6+. The molecule has 0 aromatic heterocycles. The number of nitrogens with one attached hydrogen (secondary N) is 1. The Kier molecular flexibility index (Phi) is 4.22. The second-order valence-electron chi connectivity index (χ2n) is 5.12. The van der Waals surface area contributed by atoms with Crippen LogP contribution in [0.15, 0.2) is 30.3 Å². The summed E-state index contributed by atoms with van der Waals surface area (Å²) in [6, 6.07) is 7.41. The van der Waals surface area contributed by atoms with Crippen LogP contribution in [0.25, 0.3) is 6.08 Å². The van der Waals surface area contributed by atoms with Gasteiger partial charge in [0.25, 0.3) is 0 Å². The third-order valence-corrected chi connectivity index (χ3v) is 3.27. The molecule has 0 radical (unpaired) electrons. The molecule has 1 saturated heterocycles. The number of benzene rings is 1. The van der Waals surface area contributed by atoms with Crippen molar-refractivity contribution in [1.82, 2.24) is 5.32 Å². The topological polar surface area (TPSA) is 64.4 Å². The first-order valence-corrected chi connectivity index (χ1v) is 6.53. The van der Waals surface area contributed by atoms with Gasteiger partial charge < -0.3 is 15.8 Å². The van der Waals surface area contributed by atoms with Crippen LogP contribution >= 0.6 is 0 Å². The molecule has 1 amide bonds. The lowest BCUT2D eigenvalue weighted by atomic mass is 10.0. The minimum atomic E-state index is -0.208. The second kappa shape index (κ2) is 5.89. The van der Waals surface area contributed by atoms with E-state index in [2.05, 4.69) is 5.32 Å². The van der Waals surface area contributed by atoms with Gasteiger partial charge in [-0.2, -0.15) is 0 Å². The van der Waals surface area contributed by atoms with Gasteiger partial charge in [-0.25, -0.2) is 0 Å². The van der Waals surface area contributed by atoms with E-state index in [-0.39, 0.29) is 11.5 Å². The molecule has 1 aromatic rings. The van der Waals surface area contributed by atoms with E-state index in [9.17, 15) is 4.79 Å². The van der Waals surface area contributed by atoms with Crippen molar-refractivity contribution in [2.24, 2.45) is 0 Å². The van der Waals surface area contributed by atoms with Crippen molar-refractivity contribution in [1.29, 1.82) is 0 Å². The van der Waals surface area contributed by atoms with E-state index in [4.69, 9.17) is 10.5 Å². The Morgan fingerprint density at radius 2 is 2.42 bits per heavy atom. The Morgan fingerprint density at radius 3 is 3.11 bits per heavy atom. The van der Waals surface area contributed by atoms with Gasteiger partial charge in [-0.3, -0.25) is 4.79 Å². The number of carbonyl (C=O) groups excluding carboxylic acids is 1. The summed E-state index contributed by atoms with van der Waals surface area (Å²) in [6.45, 7) is 3.36. The number of anilines is 1. The Morgan fingerprint density at radius 1 is 1.58 bits per heavy atom. The van der Waals surface area contributed by atoms with E-state index in [0.29, 0.717) is 12.2 Å². The van der Waals surface area contributed by atoms with Crippen molar-refractivity contribution < 1.29 is 9.53 Å². The molecule has 1 unspecified atom stereocenters. The molecule has 1 aliphatic heterocycles. The van der Waals surface area contributed by atoms with Gasteiger partial charge in [0.15, 0.2) is 0 Å². The van der Waals surface area contributed by atoms with E-state index in [0.717, 1.165) is 25.0 Å². The fourth-order valence-electron chi connectivity index (χ4n) is 2.14. The maximum Gasteiger partial charge on any atom is 0.244 e. The number of nitrogens with two attached hydrogens (primary N) is 1. The van der Waals surface area contributed by atoms with Crippen LogP contribution in [0.3, 0.4) is 0 Å². The third-order valence-electron chi connectivity index (χ3n) is 3.27. The van der Waals surface area contributed by atoms with Crippen LogP contribution in [0.2, 0.25) is 0 Å². The van der Waals surface area contributed by atoms with E-state index in [1.165, 1.54) is 6.08 Å². The first-order valence-electron chi connectivity index (χ1n) is 6.53. The summed E-state index contributed by atoms with van der Waals surface area (Å²) in [5, 5.41) is 2.87. The molecular weight excluding hydrogens is 240 g/mol. The zero-order chi connectivity index (χ0) is 13.7. The highest BCUT2D eigenvalue weighted by Crippen LogP contribution is 2.23. The molecule has 1 aliphatic rings. The molecule has 4 heteroatoms. The second-order valence-corrected chi connectivity index (χ2v) is 5.12. The zero-order valence-electron chi connectivity index (χ0n) is 11.2. The van der Waals surface area contributed by atoms with Crippen molar-refractivity contribution >= 4 is 17.7 Å². The summed E-state index contributed by atoms with van der Waals surface area (Å²) in [6.07, 6.45) is 5.33. The average Bonchev–Trinajstić information content (AvgIpc) is 2.82. The Balaban J connectivity index is 1.84. The predicted molar refractivity (Wildman–Crippen MR) is 76.5 cm³/mol. The summed E-state index contributed by atoms with van der Waals surface area (Å²) in [4.78, 5) is 11.7. The molecule has 1 aromatic carbocycles. The molecule has 0 bridgehead atoms. The van der Waals surface area contributed by atoms with Crippen molar-refractivity contribution in [2.75, 3.05) is 18.9 Å². The van der Waals surface area contributed by atoms with Crippen molar-refractivity contribution in [3.05, 3.63) is 35.9 Å². The van der Waals surface area contributed by atoms with E-state index in [1.54, 1.807) is 6.08 Å². The summed E-state index contributed by atoms with van der Waals surface area (Å²) in [5.41, 5.74) is 7.07. The maximum atomic E-state index is 11.7. The fourth-order valence-corrected chi connectivity index (χ4v) is 2.14. The molecule has 1 fully saturated rings. The van der Waals surface area contributed by atoms with Crippen LogP contribution in [-0.2, 0) is 9.53 Å². The van der Waals surface area contributed by atoms with E-state index >= 15 is 0 Å². The molecule has 0 spiro atoms. The maximum absolute atomic E-state index is 11.7. The highest BCUT2D eigenvalue weighted by Gasteiger charge is 2.29. The molecule has 0 saturated carbocycles. The van der Waals surface area contributed by atoms with E-state index < -0.39 is 0 Å². The lowest BCUT2D eigenvalue weighted by Gasteiger charge is -2.22. The van der Waals surface area contributed by atoms with E-state index in [1.807, 2.05) is 31.2 Å². The van der Waals surface area contributed by atoms with Gasteiger partial charge in [-0.15, -0.1) is 0 Å². The highest BCUT2D eigenvalue weighted by molar-refractivity contribution is 5.91. The van der Waals surface area contributed by atoms with Gasteiger partial charge in [0.1, 0.15) is 0 Å². The Bertz CT molecular complexity index is 477. The lowest BCUT2D eigenvalue weighted by Crippen LogP contribution is -2.39. The number of hydrogen-bond donors (Lipinski definition) is 2. The van der Waals surface area contributed by atoms with Gasteiger partial charge in [0.05, 0.1) is 5.60 Å². The number of amides is 1. The van der Waals surface area contributed by atoms with Gasteiger partial charge in [0.2, 0.25) is 5.91 Å². The quantitative estimate of drug-likeness (QED) is 0.642. The van der Waals surface area contributed by atoms with Gasteiger partial charge in [-0.1, -0.05) is 12.1 Å². The van der Waals surface area contributed by atoms with Gasteiger partial charge in [-0.05, 0) is 43.5 Å². The highest BCUT2D eigenvalue weighted by atomic mass is 16.5. The Hall–Kier alpha value is -1.81. The average molecular weight is 260 g/mol. The molecule has 1 atom stereocenters. The Labute approximate surface area is 113 Å². The third kappa shape index (κ3) is 4.10. The number of nitrogen functional groups attached to an aromatic ring is 1. The summed E-state index contributed by atoms with van der Waals surface area (Å²) >= 11 is 0. The lowest BCUT2D eigenvalue weighted by molar-refractivity contribution is -0.117. The minimum Gasteiger partial charge on any atom is -0.399 e. The van der Waals surface area contributed by atoms with Gasteiger partial charge in [0, 0.05) is 24.9 Å². The van der Waals surface area contributed by atoms with Crippen molar-refractivity contribution in [2.45, 2.75) is 25.4 Å². The van der Waals surface area contributed by atoms with Crippen LogP contribution < -0.4 is 11.1 Å². The van der Waals surface area contributed by atoms with Crippen molar-refractivity contribution in [3.63, 3.8) is 0 Å². The van der Waals surface area contributed by atoms with Crippen LogP contribution in [0, 0.1) is 0 Å². The number of ether oxygens (including phenoxy) is 1. The molecular formula is C15H20N2O2. The zero-order valence-corrected chi connectivity index (χ0v) is 11.2. The predicted octanol–water partition coefficient (Wildman–Crippen LogP) is 1.97. The smallest absolute Gasteiger partial charge is 0.244 e. The summed E-state index contributed by atoms with van der Waals surface area (Å²) in [5.74, 6) is -0.112. The molecule has 0 aliphatic carbocycles. The molecule has 1 heterocycles. The number of rotatable bonds is 4. The molecule has 3 N–H and O–H groups in total. The monoisotopic (exact) mass is 260 g/mol. The van der Waals surface area contributed by atoms with Crippen LogP contribution in [0.4, 0.5) is 5.69 Å². The first kappa shape index (κ1) is 13.6. The molecule has 19 heavy (non-hydrogen) atoms. The summed E-state index contributed by atoms with van der Waals surface area (Å²) in [7, 11) is 0. The van der Waals surface area contributed by atoms with Crippen molar-refractivity contribution in [3.8, 4) is 0 Å². The normalized spacial score (nSPS) is 22.8. The molecule has 4 nitrogen and oxygen atoms in total. The molecule has 2 rings (SSSR count). The largest absolute Gasteiger partial charge is 0.399 e. The number of carbonyl (C=O) groups is 1. The van der Waals surface area contributed by atoms with Gasteiger partial charge >= 0.3 is 0 Å². The summed E-state index contributed by atoms with van der Waals surface area (Å²) < 4.78 is 5.61. The molecule has 102 valence electrons. The van der Waals surface area contributed by atoms with Crippen LogP contribution in [0.5, 0.6) is 0 Å². The van der Waals surface area contributed by atoms with Crippen LogP contribution in [0.1, 0.15) is 25.3 Å². The fraction of sp³-hybridized carbons (Fsp3) is 0.400. The first-order chi connectivity index (χ1) is 9.07. The minimum absolute atomic E-state index is 0.112. The van der Waals surface area contributed by atoms with Crippen LogP contribution in [-0.4, -0.2) is 24.7 Å². The SMILES string of the molecule is CC1(CNC(=O)/C=C/c2cccc(N)c2)CCCO1.